The maximum atomic E-state index is 5.93. The second-order valence-corrected chi connectivity index (χ2v) is 6.38. The fourth-order valence-electron chi connectivity index (χ4n) is 2.95. The Morgan fingerprint density at radius 1 is 1.19 bits per heavy atom. The molecule has 0 amide bonds. The summed E-state index contributed by atoms with van der Waals surface area (Å²) in [6, 6.07) is 13.8. The Bertz CT molecular complexity index is 698. The maximum Gasteiger partial charge on any atom is 0.193 e. The first-order valence-corrected chi connectivity index (χ1v) is 8.57. The van der Waals surface area contributed by atoms with E-state index in [1.54, 1.807) is 0 Å². The Morgan fingerprint density at radius 3 is 2.50 bits per heavy atom. The molecular weight excluding hydrogens is 441 g/mol. The highest BCUT2D eigenvalue weighted by Crippen LogP contribution is 2.18. The average Bonchev–Trinajstić information content (AvgIpc) is 2.60. The van der Waals surface area contributed by atoms with Crippen molar-refractivity contribution in [1.82, 2.24) is 4.98 Å². The number of morpholine rings is 1. The SMILES string of the molecule is CC1CN(c2ccc(CN=C(N)Nc3ccccc3)cn2)CC(C)O1.I. The van der Waals surface area contributed by atoms with E-state index in [9.17, 15) is 0 Å². The standard InChI is InChI=1S/C19H25N5O.HI/c1-14-12-24(13-15(2)25-14)18-9-8-16(10-21-18)11-22-19(20)23-17-6-4-3-5-7-17;/h3-10,14-15H,11-13H2,1-2H3,(H3,20,22,23);1H. The minimum absolute atomic E-state index is 0. The van der Waals surface area contributed by atoms with E-state index in [2.05, 4.69) is 34.0 Å². The maximum absolute atomic E-state index is 5.93. The molecule has 0 saturated carbocycles. The number of anilines is 2. The first kappa shape index (κ1) is 20.4. The van der Waals surface area contributed by atoms with Crippen LogP contribution in [0.25, 0.3) is 0 Å². The number of hydrogen-bond acceptors (Lipinski definition) is 4. The summed E-state index contributed by atoms with van der Waals surface area (Å²) in [4.78, 5) is 11.2. The molecule has 2 heterocycles. The summed E-state index contributed by atoms with van der Waals surface area (Å²) in [6.07, 6.45) is 2.30. The summed E-state index contributed by atoms with van der Waals surface area (Å²) in [5.41, 5.74) is 7.88. The first-order chi connectivity index (χ1) is 12.1. The molecule has 3 N–H and O–H groups in total. The van der Waals surface area contributed by atoms with Gasteiger partial charge in [-0.25, -0.2) is 9.98 Å². The molecule has 6 nitrogen and oxygen atoms in total. The lowest BCUT2D eigenvalue weighted by atomic mass is 10.2. The van der Waals surface area contributed by atoms with Crippen molar-refractivity contribution in [3.8, 4) is 0 Å². The van der Waals surface area contributed by atoms with Gasteiger partial charge in [-0.05, 0) is 37.6 Å². The molecule has 1 fully saturated rings. The largest absolute Gasteiger partial charge is 0.372 e. The van der Waals surface area contributed by atoms with Gasteiger partial charge in [-0.2, -0.15) is 0 Å². The molecule has 7 heteroatoms. The van der Waals surface area contributed by atoms with Gasteiger partial charge in [0.25, 0.3) is 0 Å². The third-order valence-electron chi connectivity index (χ3n) is 4.03. The van der Waals surface area contributed by atoms with Crippen LogP contribution in [-0.4, -0.2) is 36.2 Å². The molecule has 1 saturated heterocycles. The number of halogens is 1. The molecule has 1 aliphatic heterocycles. The predicted molar refractivity (Wildman–Crippen MR) is 117 cm³/mol. The summed E-state index contributed by atoms with van der Waals surface area (Å²) in [5.74, 6) is 1.37. The van der Waals surface area contributed by atoms with Crippen LogP contribution in [0.5, 0.6) is 0 Å². The molecule has 26 heavy (non-hydrogen) atoms. The fourth-order valence-corrected chi connectivity index (χ4v) is 2.95. The van der Waals surface area contributed by atoms with Gasteiger partial charge >= 0.3 is 0 Å². The highest BCUT2D eigenvalue weighted by Gasteiger charge is 2.22. The van der Waals surface area contributed by atoms with Crippen molar-refractivity contribution < 1.29 is 4.74 Å². The highest BCUT2D eigenvalue weighted by molar-refractivity contribution is 14.0. The lowest BCUT2D eigenvalue weighted by Gasteiger charge is -2.36. The van der Waals surface area contributed by atoms with Crippen LogP contribution in [0.4, 0.5) is 11.5 Å². The number of guanidine groups is 1. The van der Waals surface area contributed by atoms with Gasteiger partial charge in [-0.15, -0.1) is 24.0 Å². The van der Waals surface area contributed by atoms with Crippen molar-refractivity contribution in [2.75, 3.05) is 23.3 Å². The van der Waals surface area contributed by atoms with Crippen LogP contribution in [0, 0.1) is 0 Å². The summed E-state index contributed by atoms with van der Waals surface area (Å²) in [7, 11) is 0. The zero-order valence-corrected chi connectivity index (χ0v) is 17.5. The Hall–Kier alpha value is -1.87. The molecule has 2 unspecified atom stereocenters. The van der Waals surface area contributed by atoms with Crippen molar-refractivity contribution in [3.63, 3.8) is 0 Å². The van der Waals surface area contributed by atoms with Crippen LogP contribution in [-0.2, 0) is 11.3 Å². The van der Waals surface area contributed by atoms with Crippen molar-refractivity contribution in [3.05, 3.63) is 54.2 Å². The van der Waals surface area contributed by atoms with Crippen molar-refractivity contribution in [2.45, 2.75) is 32.6 Å². The molecule has 0 bridgehead atoms. The van der Waals surface area contributed by atoms with Gasteiger partial charge in [0.15, 0.2) is 5.96 Å². The topological polar surface area (TPSA) is 75.8 Å². The lowest BCUT2D eigenvalue weighted by Crippen LogP contribution is -2.45. The minimum atomic E-state index is 0. The molecule has 1 aromatic carbocycles. The van der Waals surface area contributed by atoms with Crippen LogP contribution >= 0.6 is 24.0 Å². The Balaban J connectivity index is 0.00000243. The van der Waals surface area contributed by atoms with Gasteiger partial charge in [0.2, 0.25) is 0 Å². The fraction of sp³-hybridized carbons (Fsp3) is 0.368. The quantitative estimate of drug-likeness (QED) is 0.410. The van der Waals surface area contributed by atoms with E-state index in [4.69, 9.17) is 10.5 Å². The van der Waals surface area contributed by atoms with Crippen LogP contribution in [0.1, 0.15) is 19.4 Å². The number of aliphatic imine (C=N–C) groups is 1. The minimum Gasteiger partial charge on any atom is -0.372 e. The van der Waals surface area contributed by atoms with E-state index in [0.717, 1.165) is 30.2 Å². The second kappa shape index (κ2) is 9.72. The zero-order chi connectivity index (χ0) is 17.6. The third kappa shape index (κ3) is 5.84. The normalized spacial score (nSPS) is 20.4. The van der Waals surface area contributed by atoms with E-state index < -0.39 is 0 Å². The second-order valence-electron chi connectivity index (χ2n) is 6.38. The van der Waals surface area contributed by atoms with Gasteiger partial charge in [-0.1, -0.05) is 24.3 Å². The molecule has 2 aromatic rings. The van der Waals surface area contributed by atoms with Gasteiger partial charge < -0.3 is 20.7 Å². The highest BCUT2D eigenvalue weighted by atomic mass is 127. The average molecular weight is 467 g/mol. The monoisotopic (exact) mass is 467 g/mol. The molecule has 0 spiro atoms. The van der Waals surface area contributed by atoms with Gasteiger partial charge in [0.1, 0.15) is 5.82 Å². The smallest absolute Gasteiger partial charge is 0.193 e. The van der Waals surface area contributed by atoms with Crippen molar-refractivity contribution in [1.29, 1.82) is 0 Å². The van der Waals surface area contributed by atoms with Crippen LogP contribution in [0.3, 0.4) is 0 Å². The molecule has 140 valence electrons. The number of rotatable bonds is 4. The third-order valence-corrected chi connectivity index (χ3v) is 4.03. The molecule has 3 rings (SSSR count). The molecule has 1 aromatic heterocycles. The number of nitrogens with one attached hydrogen (secondary N) is 1. The van der Waals surface area contributed by atoms with Gasteiger partial charge in [-0.3, -0.25) is 0 Å². The molecular formula is C19H26IN5O. The number of para-hydroxylation sites is 1. The number of ether oxygens (including phenoxy) is 1. The predicted octanol–water partition coefficient (Wildman–Crippen LogP) is 3.24. The summed E-state index contributed by atoms with van der Waals surface area (Å²) in [6.45, 7) is 6.41. The molecule has 0 radical (unpaired) electrons. The van der Waals surface area contributed by atoms with Crippen molar-refractivity contribution in [2.24, 2.45) is 10.7 Å². The van der Waals surface area contributed by atoms with E-state index in [0.29, 0.717) is 12.5 Å². The van der Waals surface area contributed by atoms with E-state index >= 15 is 0 Å². The van der Waals surface area contributed by atoms with Gasteiger partial charge in [0.05, 0.1) is 18.8 Å². The number of aromatic nitrogens is 1. The Labute approximate surface area is 171 Å². The number of nitrogens with two attached hydrogens (primary N) is 1. The number of hydrogen-bond donors (Lipinski definition) is 2. The van der Waals surface area contributed by atoms with Crippen LogP contribution in [0.15, 0.2) is 53.7 Å². The summed E-state index contributed by atoms with van der Waals surface area (Å²) < 4.78 is 5.77. The van der Waals surface area contributed by atoms with Crippen LogP contribution in [0.2, 0.25) is 0 Å². The lowest BCUT2D eigenvalue weighted by molar-refractivity contribution is -0.00545. The Kier molecular flexibility index (Phi) is 7.65. The van der Waals surface area contributed by atoms with Gasteiger partial charge in [0, 0.05) is 25.0 Å². The first-order valence-electron chi connectivity index (χ1n) is 8.57. The molecule has 1 aliphatic rings. The van der Waals surface area contributed by atoms with E-state index in [-0.39, 0.29) is 36.2 Å². The van der Waals surface area contributed by atoms with Crippen LogP contribution < -0.4 is 16.0 Å². The summed E-state index contributed by atoms with van der Waals surface area (Å²) in [5, 5.41) is 3.07. The van der Waals surface area contributed by atoms with Crippen molar-refractivity contribution >= 4 is 41.4 Å². The number of benzene rings is 1. The number of pyridine rings is 1. The molecule has 0 aliphatic carbocycles. The number of nitrogens with zero attached hydrogens (tertiary/aromatic N) is 3. The molecule has 2 atom stereocenters. The van der Waals surface area contributed by atoms with E-state index in [1.165, 1.54) is 0 Å². The zero-order valence-electron chi connectivity index (χ0n) is 15.1. The van der Waals surface area contributed by atoms with E-state index in [1.807, 2.05) is 48.7 Å². The summed E-state index contributed by atoms with van der Waals surface area (Å²) >= 11 is 0. The Morgan fingerprint density at radius 2 is 1.88 bits per heavy atom.